The smallest absolute Gasteiger partial charge is 0.356 e. The number of nitrogens with zero attached hydrogens (tertiary/aromatic N) is 3. The first kappa shape index (κ1) is 19.5. The van der Waals surface area contributed by atoms with Crippen LogP contribution in [0, 0.1) is 0 Å². The van der Waals surface area contributed by atoms with E-state index in [0.717, 1.165) is 18.7 Å². The van der Waals surface area contributed by atoms with E-state index in [0.29, 0.717) is 24.0 Å². The van der Waals surface area contributed by atoms with E-state index in [9.17, 15) is 4.79 Å². The van der Waals surface area contributed by atoms with Crippen molar-refractivity contribution >= 4 is 23.4 Å². The molecule has 2 aromatic rings. The van der Waals surface area contributed by atoms with Crippen molar-refractivity contribution in [2.24, 2.45) is 0 Å². The van der Waals surface area contributed by atoms with E-state index in [2.05, 4.69) is 34.3 Å². The SMILES string of the molecule is CC1(C)CN(C(CNc2ccc(C(=O)O)nn2)c2ccc(Cl)cc2)CCO1. The molecule has 1 aromatic carbocycles. The zero-order valence-electron chi connectivity index (χ0n) is 15.4. The molecule has 1 unspecified atom stereocenters. The van der Waals surface area contributed by atoms with Crippen molar-refractivity contribution in [2.45, 2.75) is 25.5 Å². The van der Waals surface area contributed by atoms with E-state index in [1.807, 2.05) is 24.3 Å². The summed E-state index contributed by atoms with van der Waals surface area (Å²) in [6, 6.07) is 11.0. The molecule has 27 heavy (non-hydrogen) atoms. The Balaban J connectivity index is 1.77. The number of hydrogen-bond acceptors (Lipinski definition) is 6. The fourth-order valence-electron chi connectivity index (χ4n) is 3.20. The summed E-state index contributed by atoms with van der Waals surface area (Å²) < 4.78 is 5.84. The summed E-state index contributed by atoms with van der Waals surface area (Å²) >= 11 is 6.05. The number of benzene rings is 1. The maximum absolute atomic E-state index is 10.9. The van der Waals surface area contributed by atoms with Gasteiger partial charge in [0.05, 0.1) is 18.2 Å². The summed E-state index contributed by atoms with van der Waals surface area (Å²) in [6.07, 6.45) is 0. The van der Waals surface area contributed by atoms with Crippen LogP contribution >= 0.6 is 11.6 Å². The number of aromatic nitrogens is 2. The molecule has 0 amide bonds. The molecular weight excluding hydrogens is 368 g/mol. The predicted molar refractivity (Wildman–Crippen MR) is 103 cm³/mol. The zero-order chi connectivity index (χ0) is 19.4. The van der Waals surface area contributed by atoms with Crippen molar-refractivity contribution in [1.29, 1.82) is 0 Å². The first-order valence-electron chi connectivity index (χ1n) is 8.78. The lowest BCUT2D eigenvalue weighted by Crippen LogP contribution is -2.50. The third kappa shape index (κ3) is 5.15. The topological polar surface area (TPSA) is 87.6 Å². The van der Waals surface area contributed by atoms with Crippen LogP contribution in [0.4, 0.5) is 5.82 Å². The van der Waals surface area contributed by atoms with Gasteiger partial charge in [-0.3, -0.25) is 4.90 Å². The van der Waals surface area contributed by atoms with Crippen LogP contribution in [0.3, 0.4) is 0 Å². The number of halogens is 1. The monoisotopic (exact) mass is 390 g/mol. The first-order valence-corrected chi connectivity index (χ1v) is 9.16. The third-order valence-electron chi connectivity index (χ3n) is 4.51. The normalized spacial score (nSPS) is 18.0. The summed E-state index contributed by atoms with van der Waals surface area (Å²) in [5, 5.41) is 20.6. The van der Waals surface area contributed by atoms with Gasteiger partial charge in [-0.05, 0) is 43.7 Å². The van der Waals surface area contributed by atoms with E-state index in [1.165, 1.54) is 6.07 Å². The summed E-state index contributed by atoms with van der Waals surface area (Å²) in [5.41, 5.74) is 0.843. The van der Waals surface area contributed by atoms with Crippen LogP contribution < -0.4 is 5.32 Å². The Morgan fingerprint density at radius 1 is 1.30 bits per heavy atom. The number of carboxylic acids is 1. The minimum Gasteiger partial charge on any atom is -0.476 e. The van der Waals surface area contributed by atoms with E-state index < -0.39 is 5.97 Å². The molecule has 1 atom stereocenters. The maximum Gasteiger partial charge on any atom is 0.356 e. The fourth-order valence-corrected chi connectivity index (χ4v) is 3.33. The molecule has 8 heteroatoms. The van der Waals surface area contributed by atoms with Gasteiger partial charge in [-0.1, -0.05) is 23.7 Å². The van der Waals surface area contributed by atoms with E-state index in [4.69, 9.17) is 21.4 Å². The predicted octanol–water partition coefficient (Wildman–Crippen LogP) is 3.09. The van der Waals surface area contributed by atoms with Gasteiger partial charge >= 0.3 is 5.97 Å². The molecule has 0 saturated carbocycles. The molecule has 1 saturated heterocycles. The second-order valence-corrected chi connectivity index (χ2v) is 7.57. The number of rotatable bonds is 6. The number of aromatic carboxylic acids is 1. The van der Waals surface area contributed by atoms with Crippen LogP contribution in [0.5, 0.6) is 0 Å². The summed E-state index contributed by atoms with van der Waals surface area (Å²) in [4.78, 5) is 13.3. The van der Waals surface area contributed by atoms with Crippen LogP contribution in [-0.2, 0) is 4.74 Å². The number of carboxylic acid groups (broad SMARTS) is 1. The highest BCUT2D eigenvalue weighted by Crippen LogP contribution is 2.28. The number of carbonyl (C=O) groups is 1. The molecule has 0 bridgehead atoms. The van der Waals surface area contributed by atoms with Crippen molar-refractivity contribution in [3.63, 3.8) is 0 Å². The summed E-state index contributed by atoms with van der Waals surface area (Å²) in [5.74, 6) is -0.560. The standard InChI is InChI=1S/C19H23ClN4O3/c1-19(2)12-24(9-10-27-19)16(13-3-5-14(20)6-4-13)11-21-17-8-7-15(18(25)26)22-23-17/h3-8,16H,9-12H2,1-2H3,(H,21,23)(H,25,26). The zero-order valence-corrected chi connectivity index (χ0v) is 16.1. The average molecular weight is 391 g/mol. The number of anilines is 1. The van der Waals surface area contributed by atoms with Gasteiger partial charge in [0.1, 0.15) is 5.82 Å². The molecule has 0 spiro atoms. The van der Waals surface area contributed by atoms with Crippen LogP contribution in [-0.4, -0.2) is 58.0 Å². The maximum atomic E-state index is 10.9. The van der Waals surface area contributed by atoms with Crippen molar-refractivity contribution in [3.05, 3.63) is 52.7 Å². The molecule has 2 heterocycles. The van der Waals surface area contributed by atoms with Gasteiger partial charge in [0, 0.05) is 24.7 Å². The van der Waals surface area contributed by atoms with E-state index in [1.54, 1.807) is 6.07 Å². The average Bonchev–Trinajstić information content (AvgIpc) is 2.63. The third-order valence-corrected chi connectivity index (χ3v) is 4.76. The molecule has 1 aliphatic heterocycles. The fraction of sp³-hybridized carbons (Fsp3) is 0.421. The second kappa shape index (κ2) is 8.21. The van der Waals surface area contributed by atoms with Crippen LogP contribution in [0.25, 0.3) is 0 Å². The van der Waals surface area contributed by atoms with E-state index in [-0.39, 0.29) is 17.3 Å². The molecule has 7 nitrogen and oxygen atoms in total. The van der Waals surface area contributed by atoms with Crippen LogP contribution in [0.15, 0.2) is 36.4 Å². The van der Waals surface area contributed by atoms with Gasteiger partial charge in [-0.2, -0.15) is 0 Å². The largest absolute Gasteiger partial charge is 0.476 e. The van der Waals surface area contributed by atoms with Crippen molar-refractivity contribution in [2.75, 3.05) is 31.6 Å². The van der Waals surface area contributed by atoms with Gasteiger partial charge in [0.15, 0.2) is 5.69 Å². The Kier molecular flexibility index (Phi) is 5.94. The van der Waals surface area contributed by atoms with E-state index >= 15 is 0 Å². The van der Waals surface area contributed by atoms with Gasteiger partial charge in [0.25, 0.3) is 0 Å². The second-order valence-electron chi connectivity index (χ2n) is 7.14. The lowest BCUT2D eigenvalue weighted by Gasteiger charge is -2.42. The molecule has 0 radical (unpaired) electrons. The summed E-state index contributed by atoms with van der Waals surface area (Å²) in [6.45, 7) is 7.06. The molecule has 3 rings (SSSR count). The number of morpholine rings is 1. The van der Waals surface area contributed by atoms with Crippen molar-refractivity contribution in [3.8, 4) is 0 Å². The van der Waals surface area contributed by atoms with Crippen LogP contribution in [0.2, 0.25) is 5.02 Å². The molecule has 1 fully saturated rings. The Labute approximate surface area is 163 Å². The van der Waals surface area contributed by atoms with Crippen LogP contribution in [0.1, 0.15) is 35.9 Å². The first-order chi connectivity index (χ1) is 12.8. The van der Waals surface area contributed by atoms with Gasteiger partial charge in [-0.25, -0.2) is 4.79 Å². The lowest BCUT2D eigenvalue weighted by molar-refractivity contribution is -0.0963. The van der Waals surface area contributed by atoms with Crippen molar-refractivity contribution in [1.82, 2.24) is 15.1 Å². The number of nitrogens with one attached hydrogen (secondary N) is 1. The molecule has 0 aliphatic carbocycles. The lowest BCUT2D eigenvalue weighted by atomic mass is 10.0. The molecule has 1 aliphatic rings. The number of ether oxygens (including phenoxy) is 1. The summed E-state index contributed by atoms with van der Waals surface area (Å²) in [7, 11) is 0. The van der Waals surface area contributed by atoms with Crippen molar-refractivity contribution < 1.29 is 14.6 Å². The Morgan fingerprint density at radius 3 is 2.63 bits per heavy atom. The van der Waals surface area contributed by atoms with Gasteiger partial charge < -0.3 is 15.2 Å². The molecule has 1 aromatic heterocycles. The highest BCUT2D eigenvalue weighted by Gasteiger charge is 2.32. The Hall–Kier alpha value is -2.22. The Bertz CT molecular complexity index is 781. The Morgan fingerprint density at radius 2 is 2.04 bits per heavy atom. The molecular formula is C19H23ClN4O3. The number of hydrogen-bond donors (Lipinski definition) is 2. The minimum atomic E-state index is -1.09. The van der Waals surface area contributed by atoms with Gasteiger partial charge in [-0.15, -0.1) is 10.2 Å². The quantitative estimate of drug-likeness (QED) is 0.783. The highest BCUT2D eigenvalue weighted by molar-refractivity contribution is 6.30. The highest BCUT2D eigenvalue weighted by atomic mass is 35.5. The van der Waals surface area contributed by atoms with Gasteiger partial charge in [0.2, 0.25) is 0 Å². The molecule has 144 valence electrons. The minimum absolute atomic E-state index is 0.0790. The molecule has 2 N–H and O–H groups in total.